The number of aryl methyl sites for hydroxylation is 1. The van der Waals surface area contributed by atoms with Gasteiger partial charge in [0.15, 0.2) is 0 Å². The Labute approximate surface area is 73.5 Å². The third kappa shape index (κ3) is 1.05. The maximum absolute atomic E-state index is 10.6. The summed E-state index contributed by atoms with van der Waals surface area (Å²) in [6.45, 7) is 1.72. The summed E-state index contributed by atoms with van der Waals surface area (Å²) in [4.78, 5) is 10.2. The largest absolute Gasteiger partial charge is 0.278 e. The van der Waals surface area contributed by atoms with E-state index in [1.165, 1.54) is 6.07 Å². The molecular weight excluding hydrogens is 170 g/mol. The van der Waals surface area contributed by atoms with Crippen LogP contribution in [0.3, 0.4) is 0 Å². The second-order valence-electron chi connectivity index (χ2n) is 2.80. The van der Waals surface area contributed by atoms with E-state index in [-0.39, 0.29) is 10.6 Å². The fourth-order valence-corrected chi connectivity index (χ4v) is 1.35. The second kappa shape index (κ2) is 2.55. The van der Waals surface area contributed by atoms with Gasteiger partial charge < -0.3 is 0 Å². The molecule has 13 heavy (non-hydrogen) atoms. The van der Waals surface area contributed by atoms with Crippen LogP contribution in [0.5, 0.6) is 0 Å². The molecule has 0 unspecified atom stereocenters. The van der Waals surface area contributed by atoms with Crippen LogP contribution < -0.4 is 0 Å². The average molecular weight is 177 g/mol. The smallest absolute Gasteiger partial charge is 0.273 e. The lowest BCUT2D eigenvalue weighted by Gasteiger charge is -1.96. The molecule has 0 spiro atoms. The van der Waals surface area contributed by atoms with Gasteiger partial charge in [0.05, 0.1) is 16.6 Å². The van der Waals surface area contributed by atoms with Gasteiger partial charge in [0.1, 0.15) is 0 Å². The van der Waals surface area contributed by atoms with E-state index in [4.69, 9.17) is 0 Å². The summed E-state index contributed by atoms with van der Waals surface area (Å²) in [5, 5.41) is 17.9. The molecule has 1 aromatic carbocycles. The minimum Gasteiger partial charge on any atom is -0.278 e. The molecule has 0 radical (unpaired) electrons. The molecule has 0 saturated carbocycles. The predicted molar refractivity (Wildman–Crippen MR) is 47.5 cm³/mol. The monoisotopic (exact) mass is 177 g/mol. The number of nitro benzene ring substituents is 1. The molecular formula is C8H7N3O2. The fraction of sp³-hybridized carbons (Fsp3) is 0.125. The zero-order chi connectivity index (χ0) is 9.42. The summed E-state index contributed by atoms with van der Waals surface area (Å²) in [7, 11) is 0. The average Bonchev–Trinajstić information content (AvgIpc) is 2.52. The third-order valence-corrected chi connectivity index (χ3v) is 2.06. The molecule has 0 bridgehead atoms. The van der Waals surface area contributed by atoms with Gasteiger partial charge in [-0.3, -0.25) is 15.2 Å². The standard InChI is InChI=1S/C8H7N3O2/c1-5-6-4-9-10-7(6)2-3-8(5)11(12)13/h2-4H,1H3,(H,9,10). The minimum atomic E-state index is -0.387. The van der Waals surface area contributed by atoms with E-state index in [0.29, 0.717) is 5.56 Å². The van der Waals surface area contributed by atoms with Crippen LogP contribution in [0.1, 0.15) is 5.56 Å². The van der Waals surface area contributed by atoms with Crippen LogP contribution in [0.2, 0.25) is 0 Å². The van der Waals surface area contributed by atoms with Crippen molar-refractivity contribution in [1.82, 2.24) is 10.2 Å². The fourth-order valence-electron chi connectivity index (χ4n) is 1.35. The number of aromatic amines is 1. The van der Waals surface area contributed by atoms with Gasteiger partial charge in [0.2, 0.25) is 0 Å². The van der Waals surface area contributed by atoms with Crippen molar-refractivity contribution in [2.45, 2.75) is 6.92 Å². The molecule has 2 aromatic rings. The van der Waals surface area contributed by atoms with Crippen molar-refractivity contribution in [3.63, 3.8) is 0 Å². The van der Waals surface area contributed by atoms with Crippen LogP contribution in [-0.2, 0) is 0 Å². The molecule has 0 aliphatic carbocycles. The summed E-state index contributed by atoms with van der Waals surface area (Å²) < 4.78 is 0. The number of fused-ring (bicyclic) bond motifs is 1. The molecule has 66 valence electrons. The van der Waals surface area contributed by atoms with E-state index >= 15 is 0 Å². The Morgan fingerprint density at radius 1 is 1.54 bits per heavy atom. The molecule has 5 heteroatoms. The van der Waals surface area contributed by atoms with Crippen molar-refractivity contribution in [3.05, 3.63) is 34.0 Å². The van der Waals surface area contributed by atoms with Crippen molar-refractivity contribution in [1.29, 1.82) is 0 Å². The molecule has 0 atom stereocenters. The van der Waals surface area contributed by atoms with Gasteiger partial charge in [0, 0.05) is 17.0 Å². The second-order valence-corrected chi connectivity index (χ2v) is 2.80. The van der Waals surface area contributed by atoms with Crippen LogP contribution in [-0.4, -0.2) is 15.1 Å². The first-order valence-electron chi connectivity index (χ1n) is 3.77. The van der Waals surface area contributed by atoms with Crippen LogP contribution in [0.25, 0.3) is 10.9 Å². The highest BCUT2D eigenvalue weighted by molar-refractivity contribution is 5.84. The highest BCUT2D eigenvalue weighted by Gasteiger charge is 2.13. The maximum atomic E-state index is 10.6. The molecule has 0 aliphatic heterocycles. The summed E-state index contributed by atoms with van der Waals surface area (Å²) in [5.74, 6) is 0. The highest BCUT2D eigenvalue weighted by Crippen LogP contribution is 2.24. The number of nitrogens with one attached hydrogen (secondary N) is 1. The van der Waals surface area contributed by atoms with Gasteiger partial charge in [0.25, 0.3) is 5.69 Å². The number of nitrogens with zero attached hydrogens (tertiary/aromatic N) is 2. The van der Waals surface area contributed by atoms with E-state index in [9.17, 15) is 10.1 Å². The van der Waals surface area contributed by atoms with Crippen LogP contribution in [0, 0.1) is 17.0 Å². The first kappa shape index (κ1) is 7.72. The van der Waals surface area contributed by atoms with Crippen LogP contribution >= 0.6 is 0 Å². The SMILES string of the molecule is Cc1c([N+](=O)[O-])ccc2[nH]ncc12. The van der Waals surface area contributed by atoms with Gasteiger partial charge in [-0.1, -0.05) is 0 Å². The number of aromatic nitrogens is 2. The van der Waals surface area contributed by atoms with Crippen LogP contribution in [0.15, 0.2) is 18.3 Å². The molecule has 0 aliphatic rings. The first-order valence-corrected chi connectivity index (χ1v) is 3.77. The molecule has 0 amide bonds. The molecule has 1 N–H and O–H groups in total. The Bertz CT molecular complexity index is 475. The molecule has 2 rings (SSSR count). The van der Waals surface area contributed by atoms with Crippen LogP contribution in [0.4, 0.5) is 5.69 Å². The van der Waals surface area contributed by atoms with E-state index in [2.05, 4.69) is 10.2 Å². The predicted octanol–water partition coefficient (Wildman–Crippen LogP) is 1.78. The van der Waals surface area contributed by atoms with E-state index in [1.54, 1.807) is 19.2 Å². The maximum Gasteiger partial charge on any atom is 0.273 e. The number of nitro groups is 1. The van der Waals surface area contributed by atoms with E-state index < -0.39 is 0 Å². The Kier molecular flexibility index (Phi) is 1.51. The summed E-state index contributed by atoms with van der Waals surface area (Å²) >= 11 is 0. The summed E-state index contributed by atoms with van der Waals surface area (Å²) in [6, 6.07) is 3.14. The zero-order valence-electron chi connectivity index (χ0n) is 6.94. The van der Waals surface area contributed by atoms with Crippen molar-refractivity contribution in [3.8, 4) is 0 Å². The minimum absolute atomic E-state index is 0.133. The Balaban J connectivity index is 2.80. The molecule has 1 aromatic heterocycles. The van der Waals surface area contributed by atoms with E-state index in [1.807, 2.05) is 0 Å². The summed E-state index contributed by atoms with van der Waals surface area (Å²) in [6.07, 6.45) is 1.59. The summed E-state index contributed by atoms with van der Waals surface area (Å²) in [5.41, 5.74) is 1.60. The lowest BCUT2D eigenvalue weighted by molar-refractivity contribution is -0.385. The first-order chi connectivity index (χ1) is 6.20. The number of rotatable bonds is 1. The van der Waals surface area contributed by atoms with Crippen molar-refractivity contribution < 1.29 is 4.92 Å². The zero-order valence-corrected chi connectivity index (χ0v) is 6.94. The van der Waals surface area contributed by atoms with Crippen molar-refractivity contribution >= 4 is 16.6 Å². The van der Waals surface area contributed by atoms with Crippen molar-refractivity contribution in [2.24, 2.45) is 0 Å². The number of hydrogen-bond donors (Lipinski definition) is 1. The molecule has 0 saturated heterocycles. The highest BCUT2D eigenvalue weighted by atomic mass is 16.6. The van der Waals surface area contributed by atoms with Gasteiger partial charge in [-0.05, 0) is 13.0 Å². The van der Waals surface area contributed by atoms with Gasteiger partial charge in [-0.25, -0.2) is 0 Å². The van der Waals surface area contributed by atoms with Crippen molar-refractivity contribution in [2.75, 3.05) is 0 Å². The molecule has 1 heterocycles. The molecule has 5 nitrogen and oxygen atoms in total. The topological polar surface area (TPSA) is 71.8 Å². The number of benzene rings is 1. The normalized spacial score (nSPS) is 10.5. The van der Waals surface area contributed by atoms with Gasteiger partial charge in [-0.2, -0.15) is 5.10 Å². The van der Waals surface area contributed by atoms with Gasteiger partial charge in [-0.15, -0.1) is 0 Å². The Hall–Kier alpha value is -1.91. The molecule has 0 fully saturated rings. The Morgan fingerprint density at radius 2 is 2.31 bits per heavy atom. The lowest BCUT2D eigenvalue weighted by atomic mass is 10.1. The third-order valence-electron chi connectivity index (χ3n) is 2.06. The van der Waals surface area contributed by atoms with Gasteiger partial charge >= 0.3 is 0 Å². The quantitative estimate of drug-likeness (QED) is 0.533. The number of H-pyrrole nitrogens is 1. The van der Waals surface area contributed by atoms with E-state index in [0.717, 1.165) is 10.9 Å². The number of hydrogen-bond acceptors (Lipinski definition) is 3. The lowest BCUT2D eigenvalue weighted by Crippen LogP contribution is -1.91. The Morgan fingerprint density at radius 3 is 3.00 bits per heavy atom.